The lowest BCUT2D eigenvalue weighted by atomic mass is 10.2. The molecule has 0 spiro atoms. The fraction of sp³-hybridized carbons (Fsp3) is 0.706. The van der Waals surface area contributed by atoms with Crippen LogP contribution >= 0.6 is 0 Å². The second-order valence-corrected chi connectivity index (χ2v) is 6.94. The zero-order valence-corrected chi connectivity index (χ0v) is 13.7. The van der Waals surface area contributed by atoms with E-state index in [4.69, 9.17) is 0 Å². The van der Waals surface area contributed by atoms with Crippen molar-refractivity contribution in [2.24, 2.45) is 5.92 Å². The molecule has 124 valence electrons. The van der Waals surface area contributed by atoms with Crippen molar-refractivity contribution < 1.29 is 4.79 Å². The second-order valence-electron chi connectivity index (χ2n) is 6.94. The molecule has 2 aliphatic heterocycles. The van der Waals surface area contributed by atoms with Crippen LogP contribution in [0, 0.1) is 5.92 Å². The summed E-state index contributed by atoms with van der Waals surface area (Å²) in [6.45, 7) is 5.56. The first-order valence-electron chi connectivity index (χ1n) is 8.89. The van der Waals surface area contributed by atoms with Gasteiger partial charge in [-0.25, -0.2) is 9.97 Å². The molecule has 2 saturated heterocycles. The van der Waals surface area contributed by atoms with Gasteiger partial charge in [-0.1, -0.05) is 0 Å². The Morgan fingerprint density at radius 1 is 0.957 bits per heavy atom. The van der Waals surface area contributed by atoms with Gasteiger partial charge >= 0.3 is 0 Å². The van der Waals surface area contributed by atoms with E-state index in [-0.39, 0.29) is 0 Å². The summed E-state index contributed by atoms with van der Waals surface area (Å²) in [7, 11) is 0. The third kappa shape index (κ3) is 3.41. The summed E-state index contributed by atoms with van der Waals surface area (Å²) < 4.78 is 0. The Labute approximate surface area is 137 Å². The molecule has 0 atom stereocenters. The third-order valence-electron chi connectivity index (χ3n) is 5.18. The van der Waals surface area contributed by atoms with Crippen molar-refractivity contribution >= 4 is 17.5 Å². The molecule has 1 aliphatic carbocycles. The normalized spacial score (nSPS) is 21.8. The summed E-state index contributed by atoms with van der Waals surface area (Å²) in [6.07, 6.45) is 7.42. The lowest BCUT2D eigenvalue weighted by molar-refractivity contribution is -0.131. The van der Waals surface area contributed by atoms with Gasteiger partial charge in [-0.3, -0.25) is 4.79 Å². The molecule has 1 saturated carbocycles. The van der Waals surface area contributed by atoms with Crippen molar-refractivity contribution in [2.45, 2.75) is 32.1 Å². The molecule has 23 heavy (non-hydrogen) atoms. The average Bonchev–Trinajstić information content (AvgIpc) is 3.24. The summed E-state index contributed by atoms with van der Waals surface area (Å²) in [6, 6.07) is 2.10. The van der Waals surface area contributed by atoms with Crippen molar-refractivity contribution in [3.63, 3.8) is 0 Å². The van der Waals surface area contributed by atoms with Gasteiger partial charge in [0.1, 0.15) is 18.0 Å². The van der Waals surface area contributed by atoms with E-state index in [2.05, 4.69) is 25.8 Å². The molecular formula is C17H25N5O. The molecule has 1 amide bonds. The van der Waals surface area contributed by atoms with Crippen LogP contribution in [0.5, 0.6) is 0 Å². The summed E-state index contributed by atoms with van der Waals surface area (Å²) >= 11 is 0. The van der Waals surface area contributed by atoms with Crippen LogP contribution < -0.4 is 9.80 Å². The van der Waals surface area contributed by atoms with Crippen molar-refractivity contribution in [3.05, 3.63) is 12.4 Å². The maximum atomic E-state index is 12.2. The molecule has 4 rings (SSSR count). The predicted octanol–water partition coefficient (Wildman–Crippen LogP) is 1.53. The number of nitrogens with zero attached hydrogens (tertiary/aromatic N) is 5. The number of rotatable bonds is 4. The molecule has 3 heterocycles. The van der Waals surface area contributed by atoms with E-state index in [9.17, 15) is 4.79 Å². The van der Waals surface area contributed by atoms with Gasteiger partial charge in [-0.05, 0) is 31.6 Å². The number of hydrogen-bond acceptors (Lipinski definition) is 5. The zero-order chi connectivity index (χ0) is 15.6. The van der Waals surface area contributed by atoms with Crippen LogP contribution in [0.3, 0.4) is 0 Å². The monoisotopic (exact) mass is 315 g/mol. The van der Waals surface area contributed by atoms with E-state index < -0.39 is 0 Å². The molecule has 1 aromatic heterocycles. The average molecular weight is 315 g/mol. The van der Waals surface area contributed by atoms with Gasteiger partial charge in [0.25, 0.3) is 0 Å². The number of aromatic nitrogens is 2. The predicted molar refractivity (Wildman–Crippen MR) is 89.6 cm³/mol. The molecule has 3 aliphatic rings. The molecule has 3 fully saturated rings. The van der Waals surface area contributed by atoms with Crippen LogP contribution in [0.15, 0.2) is 12.4 Å². The van der Waals surface area contributed by atoms with E-state index in [1.807, 2.05) is 4.90 Å². The van der Waals surface area contributed by atoms with Gasteiger partial charge in [-0.15, -0.1) is 0 Å². The fourth-order valence-corrected chi connectivity index (χ4v) is 3.51. The van der Waals surface area contributed by atoms with Gasteiger partial charge in [0.15, 0.2) is 0 Å². The highest BCUT2D eigenvalue weighted by Gasteiger charge is 2.29. The van der Waals surface area contributed by atoms with E-state index in [0.717, 1.165) is 57.3 Å². The van der Waals surface area contributed by atoms with Gasteiger partial charge in [0.05, 0.1) is 0 Å². The number of carbonyl (C=O) groups is 1. The van der Waals surface area contributed by atoms with Crippen molar-refractivity contribution in [1.82, 2.24) is 14.9 Å². The molecule has 0 aromatic carbocycles. The van der Waals surface area contributed by atoms with Gasteiger partial charge in [-0.2, -0.15) is 0 Å². The Balaban J connectivity index is 1.36. The quantitative estimate of drug-likeness (QED) is 0.843. The van der Waals surface area contributed by atoms with Crippen molar-refractivity contribution in [1.29, 1.82) is 0 Å². The summed E-state index contributed by atoms with van der Waals surface area (Å²) in [5, 5.41) is 0. The van der Waals surface area contributed by atoms with Crippen LogP contribution in [0.1, 0.15) is 32.1 Å². The lowest BCUT2D eigenvalue weighted by Crippen LogP contribution is -2.49. The second kappa shape index (κ2) is 6.34. The van der Waals surface area contributed by atoms with E-state index in [0.29, 0.717) is 11.8 Å². The first kappa shape index (κ1) is 14.7. The van der Waals surface area contributed by atoms with Crippen molar-refractivity contribution in [3.8, 4) is 0 Å². The van der Waals surface area contributed by atoms with E-state index in [1.54, 1.807) is 6.33 Å². The summed E-state index contributed by atoms with van der Waals surface area (Å²) in [4.78, 5) is 27.7. The number of anilines is 2. The minimum Gasteiger partial charge on any atom is -0.356 e. The fourth-order valence-electron chi connectivity index (χ4n) is 3.51. The molecule has 0 unspecified atom stereocenters. The zero-order valence-electron chi connectivity index (χ0n) is 13.7. The smallest absolute Gasteiger partial charge is 0.222 e. The number of amides is 1. The van der Waals surface area contributed by atoms with Crippen molar-refractivity contribution in [2.75, 3.05) is 49.1 Å². The van der Waals surface area contributed by atoms with Gasteiger partial charge < -0.3 is 14.7 Å². The van der Waals surface area contributed by atoms with Crippen LogP contribution in [0.4, 0.5) is 11.6 Å². The lowest BCUT2D eigenvalue weighted by Gasteiger charge is -2.35. The van der Waals surface area contributed by atoms with E-state index in [1.165, 1.54) is 25.7 Å². The molecular weight excluding hydrogens is 290 g/mol. The topological polar surface area (TPSA) is 52.6 Å². The van der Waals surface area contributed by atoms with Gasteiger partial charge in [0.2, 0.25) is 5.91 Å². The number of piperazine rings is 1. The highest BCUT2D eigenvalue weighted by atomic mass is 16.2. The first-order valence-corrected chi connectivity index (χ1v) is 8.89. The summed E-state index contributed by atoms with van der Waals surface area (Å²) in [5.74, 6) is 3.05. The first-order chi connectivity index (χ1) is 11.3. The molecule has 0 radical (unpaired) electrons. The van der Waals surface area contributed by atoms with Crippen LogP contribution in [-0.4, -0.2) is 60.0 Å². The Morgan fingerprint density at radius 3 is 2.17 bits per heavy atom. The maximum Gasteiger partial charge on any atom is 0.222 e. The maximum absolute atomic E-state index is 12.2. The van der Waals surface area contributed by atoms with Crippen LogP contribution in [0.25, 0.3) is 0 Å². The van der Waals surface area contributed by atoms with Crippen LogP contribution in [0.2, 0.25) is 0 Å². The standard InChI is InChI=1S/C17H25N5O/c23-17(11-14-3-4-14)22-9-7-21(8-10-22)16-12-15(18-13-19-16)20-5-1-2-6-20/h12-14H,1-11H2. The molecule has 6 heteroatoms. The molecule has 0 N–H and O–H groups in total. The Hall–Kier alpha value is -1.85. The van der Waals surface area contributed by atoms with E-state index >= 15 is 0 Å². The molecule has 6 nitrogen and oxygen atoms in total. The molecule has 0 bridgehead atoms. The SMILES string of the molecule is O=C(CC1CC1)N1CCN(c2cc(N3CCCC3)ncn2)CC1. The minimum absolute atomic E-state index is 0.340. The Kier molecular flexibility index (Phi) is 4.06. The minimum atomic E-state index is 0.340. The third-order valence-corrected chi connectivity index (χ3v) is 5.18. The highest BCUT2D eigenvalue weighted by molar-refractivity contribution is 5.77. The molecule has 1 aromatic rings. The number of carbonyl (C=O) groups excluding carboxylic acids is 1. The Bertz CT molecular complexity index is 560. The summed E-state index contributed by atoms with van der Waals surface area (Å²) in [5.41, 5.74) is 0. The largest absolute Gasteiger partial charge is 0.356 e. The highest BCUT2D eigenvalue weighted by Crippen LogP contribution is 2.33. The number of hydrogen-bond donors (Lipinski definition) is 0. The van der Waals surface area contributed by atoms with Crippen LogP contribution in [-0.2, 0) is 4.79 Å². The van der Waals surface area contributed by atoms with Gasteiger partial charge in [0, 0.05) is 51.8 Å². The Morgan fingerprint density at radius 2 is 1.57 bits per heavy atom.